The van der Waals surface area contributed by atoms with Crippen LogP contribution in [0.15, 0.2) is 54.6 Å². The molecule has 0 aliphatic heterocycles. The molecule has 0 unspecified atom stereocenters. The number of nitro groups is 1. The van der Waals surface area contributed by atoms with Crippen LogP contribution in [0.1, 0.15) is 44.2 Å². The number of nitrogens with two attached hydrogens (primary N) is 1. The van der Waals surface area contributed by atoms with Crippen LogP contribution in [0.5, 0.6) is 0 Å². The van der Waals surface area contributed by atoms with Gasteiger partial charge in [-0.05, 0) is 24.0 Å². The Bertz CT molecular complexity index is 1120. The second-order valence-electron chi connectivity index (χ2n) is 8.78. The second kappa shape index (κ2) is 14.3. The number of carbonyl (C=O) groups is 4. The Morgan fingerprint density at radius 2 is 1.58 bits per heavy atom. The van der Waals surface area contributed by atoms with Crippen LogP contribution in [0.2, 0.25) is 0 Å². The highest BCUT2D eigenvalue weighted by atomic mass is 16.6. The smallest absolute Gasteiger partial charge is 0.408 e. The van der Waals surface area contributed by atoms with E-state index in [1.54, 1.807) is 45.0 Å². The van der Waals surface area contributed by atoms with Gasteiger partial charge in [0, 0.05) is 18.1 Å². The third-order valence-electron chi connectivity index (χ3n) is 5.67. The van der Waals surface area contributed by atoms with Crippen molar-refractivity contribution in [3.05, 3.63) is 75.8 Å². The number of carbonyl (C=O) groups excluding carboxylic acids is 4. The second-order valence-corrected chi connectivity index (χ2v) is 8.78. The lowest BCUT2D eigenvalue weighted by Crippen LogP contribution is -2.56. The molecule has 2 rings (SSSR count). The van der Waals surface area contributed by atoms with E-state index in [1.165, 1.54) is 24.3 Å². The zero-order chi connectivity index (χ0) is 28.2. The van der Waals surface area contributed by atoms with Gasteiger partial charge in [-0.2, -0.15) is 0 Å². The minimum atomic E-state index is -1.39. The number of non-ortho nitro benzene ring substituents is 1. The van der Waals surface area contributed by atoms with Crippen LogP contribution in [0, 0.1) is 16.0 Å². The molecule has 38 heavy (non-hydrogen) atoms. The molecule has 0 aliphatic carbocycles. The Morgan fingerprint density at radius 3 is 2.11 bits per heavy atom. The van der Waals surface area contributed by atoms with Gasteiger partial charge in [0.05, 0.1) is 18.0 Å². The Hall–Kier alpha value is -4.48. The topological polar surface area (TPSA) is 180 Å². The third-order valence-corrected chi connectivity index (χ3v) is 5.67. The summed E-state index contributed by atoms with van der Waals surface area (Å²) in [6, 6.07) is 11.7. The number of hydrogen-bond donors (Lipinski definition) is 3. The highest BCUT2D eigenvalue weighted by Gasteiger charge is 2.35. The summed E-state index contributed by atoms with van der Waals surface area (Å²) in [5, 5.41) is 16.1. The molecule has 0 fully saturated rings. The van der Waals surface area contributed by atoms with Crippen LogP contribution in [-0.2, 0) is 30.5 Å². The van der Waals surface area contributed by atoms with E-state index in [1.807, 2.05) is 6.07 Å². The number of nitrogens with one attached hydrogen (secondary N) is 2. The van der Waals surface area contributed by atoms with Gasteiger partial charge in [0.25, 0.3) is 5.69 Å². The predicted molar refractivity (Wildman–Crippen MR) is 137 cm³/mol. The quantitative estimate of drug-likeness (QED) is 0.201. The van der Waals surface area contributed by atoms with Gasteiger partial charge >= 0.3 is 12.1 Å². The summed E-state index contributed by atoms with van der Waals surface area (Å²) in [7, 11) is 0. The number of hydrogen-bond acceptors (Lipinski definition) is 8. The number of nitro benzene ring substituents is 1. The molecule has 3 amide bonds. The van der Waals surface area contributed by atoms with Crippen molar-refractivity contribution < 1.29 is 33.6 Å². The van der Waals surface area contributed by atoms with Crippen molar-refractivity contribution in [2.75, 3.05) is 6.61 Å². The number of ether oxygens (including phenoxy) is 2. The van der Waals surface area contributed by atoms with E-state index < -0.39 is 52.7 Å². The van der Waals surface area contributed by atoms with E-state index in [-0.39, 0.29) is 25.3 Å². The molecular formula is C26H32N4O8. The predicted octanol–water partition coefficient (Wildman–Crippen LogP) is 2.55. The molecule has 0 radical (unpaired) electrons. The van der Waals surface area contributed by atoms with Gasteiger partial charge in [-0.3, -0.25) is 24.5 Å². The Kier molecular flexibility index (Phi) is 11.2. The van der Waals surface area contributed by atoms with Crippen molar-refractivity contribution >= 4 is 29.6 Å². The fourth-order valence-corrected chi connectivity index (χ4v) is 3.71. The van der Waals surface area contributed by atoms with Gasteiger partial charge in [-0.15, -0.1) is 0 Å². The van der Waals surface area contributed by atoms with Crippen molar-refractivity contribution in [2.45, 2.75) is 51.8 Å². The molecule has 0 heterocycles. The summed E-state index contributed by atoms with van der Waals surface area (Å²) in [5.41, 5.74) is 6.53. The maximum absolute atomic E-state index is 13.2. The van der Waals surface area contributed by atoms with E-state index in [2.05, 4.69) is 10.6 Å². The first-order valence-corrected chi connectivity index (χ1v) is 12.0. The van der Waals surface area contributed by atoms with Crippen LogP contribution in [0.4, 0.5) is 10.5 Å². The number of esters is 1. The molecule has 0 saturated carbocycles. The van der Waals surface area contributed by atoms with E-state index in [0.717, 1.165) is 5.56 Å². The van der Waals surface area contributed by atoms with Gasteiger partial charge in [0.2, 0.25) is 11.8 Å². The Morgan fingerprint density at radius 1 is 0.947 bits per heavy atom. The highest BCUT2D eigenvalue weighted by molar-refractivity contribution is 5.92. The lowest BCUT2D eigenvalue weighted by atomic mass is 9.87. The maximum atomic E-state index is 13.2. The summed E-state index contributed by atoms with van der Waals surface area (Å²) in [5.74, 6) is -3.72. The molecule has 2 aromatic rings. The summed E-state index contributed by atoms with van der Waals surface area (Å²) in [6.07, 6.45) is -1.17. The molecular weight excluding hydrogens is 496 g/mol. The standard InChI is InChI=1S/C26H32N4O8/c1-4-37-21(31)14-20(18-10-12-19(13-11-18)30(35)36)23(24(27)32)28-25(33)22(16(2)3)29-26(34)38-15-17-8-6-5-7-9-17/h5-13,16,20,22-23H,4,14-15H2,1-3H3,(H2,27,32)(H,28,33)(H,29,34)/t20-,22-,23-/m0/s1. The van der Waals surface area contributed by atoms with Crippen molar-refractivity contribution in [1.29, 1.82) is 0 Å². The molecule has 12 nitrogen and oxygen atoms in total. The van der Waals surface area contributed by atoms with Gasteiger partial charge in [-0.25, -0.2) is 4.79 Å². The first kappa shape index (κ1) is 29.7. The molecule has 12 heteroatoms. The zero-order valence-electron chi connectivity index (χ0n) is 21.4. The van der Waals surface area contributed by atoms with Gasteiger partial charge in [0.1, 0.15) is 18.7 Å². The number of benzene rings is 2. The van der Waals surface area contributed by atoms with Gasteiger partial charge < -0.3 is 25.8 Å². The van der Waals surface area contributed by atoms with Crippen LogP contribution < -0.4 is 16.4 Å². The Labute approximate surface area is 220 Å². The minimum Gasteiger partial charge on any atom is -0.466 e. The Balaban J connectivity index is 2.23. The third kappa shape index (κ3) is 8.87. The fourth-order valence-electron chi connectivity index (χ4n) is 3.71. The van der Waals surface area contributed by atoms with Crippen LogP contribution in [0.25, 0.3) is 0 Å². The largest absolute Gasteiger partial charge is 0.466 e. The maximum Gasteiger partial charge on any atom is 0.408 e. The number of rotatable bonds is 13. The lowest BCUT2D eigenvalue weighted by molar-refractivity contribution is -0.384. The van der Waals surface area contributed by atoms with Crippen LogP contribution >= 0.6 is 0 Å². The van der Waals surface area contributed by atoms with Crippen LogP contribution in [0.3, 0.4) is 0 Å². The number of alkyl carbamates (subject to hydrolysis) is 1. The lowest BCUT2D eigenvalue weighted by Gasteiger charge is -2.28. The molecule has 0 saturated heterocycles. The molecule has 0 bridgehead atoms. The zero-order valence-corrected chi connectivity index (χ0v) is 21.4. The van der Waals surface area contributed by atoms with Gasteiger partial charge in [0.15, 0.2) is 0 Å². The minimum absolute atomic E-state index is 0.00915. The van der Waals surface area contributed by atoms with E-state index >= 15 is 0 Å². The molecule has 0 spiro atoms. The SMILES string of the molecule is CCOC(=O)C[C@@H](c1ccc([N+](=O)[O-])cc1)[C@H](NC(=O)[C@@H](NC(=O)OCc1ccccc1)C(C)C)C(N)=O. The summed E-state index contributed by atoms with van der Waals surface area (Å²) >= 11 is 0. The highest BCUT2D eigenvalue weighted by Crippen LogP contribution is 2.27. The fraction of sp³-hybridized carbons (Fsp3) is 0.385. The van der Waals surface area contributed by atoms with Crippen molar-refractivity contribution in [3.8, 4) is 0 Å². The summed E-state index contributed by atoms with van der Waals surface area (Å²) < 4.78 is 10.2. The van der Waals surface area contributed by atoms with Crippen molar-refractivity contribution in [2.24, 2.45) is 11.7 Å². The first-order valence-electron chi connectivity index (χ1n) is 12.0. The molecule has 4 N–H and O–H groups in total. The van der Waals surface area contributed by atoms with E-state index in [0.29, 0.717) is 5.56 Å². The van der Waals surface area contributed by atoms with Crippen molar-refractivity contribution in [1.82, 2.24) is 10.6 Å². The summed E-state index contributed by atoms with van der Waals surface area (Å²) in [4.78, 5) is 60.8. The average molecular weight is 529 g/mol. The normalized spacial score (nSPS) is 13.1. The first-order chi connectivity index (χ1) is 18.0. The molecule has 204 valence electrons. The number of amides is 3. The number of primary amides is 1. The average Bonchev–Trinajstić information content (AvgIpc) is 2.88. The van der Waals surface area contributed by atoms with E-state index in [4.69, 9.17) is 15.2 Å². The molecule has 3 atom stereocenters. The van der Waals surface area contributed by atoms with Gasteiger partial charge in [-0.1, -0.05) is 56.3 Å². The molecule has 0 aliphatic rings. The molecule has 0 aromatic heterocycles. The van der Waals surface area contributed by atoms with Crippen molar-refractivity contribution in [3.63, 3.8) is 0 Å². The number of nitrogens with zero attached hydrogens (tertiary/aromatic N) is 1. The van der Waals surface area contributed by atoms with E-state index in [9.17, 15) is 29.3 Å². The summed E-state index contributed by atoms with van der Waals surface area (Å²) in [6.45, 7) is 5.07. The monoisotopic (exact) mass is 528 g/mol. The molecule has 2 aromatic carbocycles. The van der Waals surface area contributed by atoms with Crippen LogP contribution in [-0.4, -0.2) is 47.5 Å².